The molecule has 6 nitrogen and oxygen atoms in total. The van der Waals surface area contributed by atoms with Crippen molar-refractivity contribution in [3.05, 3.63) is 36.1 Å². The Morgan fingerprint density at radius 2 is 1.96 bits per heavy atom. The van der Waals surface area contributed by atoms with Gasteiger partial charge >= 0.3 is 6.18 Å². The van der Waals surface area contributed by atoms with Crippen molar-refractivity contribution in [3.63, 3.8) is 0 Å². The van der Waals surface area contributed by atoms with Crippen LogP contribution in [0.3, 0.4) is 0 Å². The van der Waals surface area contributed by atoms with Crippen molar-refractivity contribution in [3.8, 4) is 5.88 Å². The average Bonchev–Trinajstić information content (AvgIpc) is 2.65. The van der Waals surface area contributed by atoms with E-state index < -0.39 is 23.9 Å². The fourth-order valence-corrected chi connectivity index (χ4v) is 3.14. The van der Waals surface area contributed by atoms with Gasteiger partial charge in [0, 0.05) is 5.56 Å². The Balaban J connectivity index is 2.23. The zero-order chi connectivity index (χ0) is 20.9. The Morgan fingerprint density at radius 1 is 1.32 bits per heavy atom. The summed E-state index contributed by atoms with van der Waals surface area (Å²) in [5.41, 5.74) is 5.69. The maximum atomic E-state index is 12.8. The van der Waals surface area contributed by atoms with Crippen LogP contribution in [0.4, 0.5) is 18.9 Å². The molecular weight excluding hydrogens is 375 g/mol. The van der Waals surface area contributed by atoms with Gasteiger partial charge in [0.2, 0.25) is 11.8 Å². The summed E-state index contributed by atoms with van der Waals surface area (Å²) in [6.45, 7) is 3.34. The number of nitrogens with one attached hydrogen (secondary N) is 1. The lowest BCUT2D eigenvalue weighted by atomic mass is 9.81. The van der Waals surface area contributed by atoms with Gasteiger partial charge in [0.15, 0.2) is 5.69 Å². The molecule has 0 saturated heterocycles. The third-order valence-corrected chi connectivity index (χ3v) is 4.67. The highest BCUT2D eigenvalue weighted by molar-refractivity contribution is 6.05. The first-order chi connectivity index (χ1) is 13.2. The van der Waals surface area contributed by atoms with Crippen molar-refractivity contribution >= 4 is 23.6 Å². The summed E-state index contributed by atoms with van der Waals surface area (Å²) in [7, 11) is 1.36. The maximum absolute atomic E-state index is 12.8. The molecule has 28 heavy (non-hydrogen) atoms. The molecule has 1 aliphatic carbocycles. The zero-order valence-electron chi connectivity index (χ0n) is 15.4. The average molecular weight is 397 g/mol. The summed E-state index contributed by atoms with van der Waals surface area (Å²) in [6.07, 6.45) is 1.39. The van der Waals surface area contributed by atoms with Crippen LogP contribution in [0.1, 0.15) is 41.7 Å². The predicted octanol–water partition coefficient (Wildman–Crippen LogP) is 3.70. The second-order valence-corrected chi connectivity index (χ2v) is 6.55. The van der Waals surface area contributed by atoms with Crippen LogP contribution in [-0.4, -0.2) is 30.1 Å². The number of hydrogen-bond acceptors (Lipinski definition) is 4. The van der Waals surface area contributed by atoms with E-state index >= 15 is 0 Å². The number of methoxy groups -OCH3 is 1. The number of carbonyl (C=O) groups is 2. The molecule has 2 rings (SSSR count). The predicted molar refractivity (Wildman–Crippen MR) is 98.7 cm³/mol. The highest BCUT2D eigenvalue weighted by Gasteiger charge is 2.40. The summed E-state index contributed by atoms with van der Waals surface area (Å²) >= 11 is 0. The molecular formula is C19H22F3N3O3. The largest absolute Gasteiger partial charge is 0.481 e. The monoisotopic (exact) mass is 397 g/mol. The van der Waals surface area contributed by atoms with Crippen molar-refractivity contribution in [1.82, 2.24) is 4.98 Å². The Labute approximate surface area is 160 Å². The van der Waals surface area contributed by atoms with Crippen molar-refractivity contribution in [2.75, 3.05) is 12.4 Å². The summed E-state index contributed by atoms with van der Waals surface area (Å²) in [5, 5.41) is 2.46. The van der Waals surface area contributed by atoms with Gasteiger partial charge in [-0.25, -0.2) is 4.98 Å². The number of rotatable bonds is 6. The molecule has 0 bridgehead atoms. The third kappa shape index (κ3) is 5.34. The topological polar surface area (TPSA) is 94.3 Å². The molecule has 0 aliphatic heterocycles. The number of carbonyl (C=O) groups excluding carboxylic acids is 2. The van der Waals surface area contributed by atoms with Crippen molar-refractivity contribution in [1.29, 1.82) is 0 Å². The fraction of sp³-hybridized carbons (Fsp3) is 0.421. The summed E-state index contributed by atoms with van der Waals surface area (Å²) < 4.78 is 43.5. The standard InChI is InChI=1S/C19H22F3N3O3/c1-3-15(26)24-14-10-12(18(28-2)25-16(14)17(23)27)7-4-11-5-8-13(9-6-11)19(20,21)22/h3-4,7,10-11,13H,1,5-6,8-9H2,2H3,(H2,23,27)(H,24,26)/b7-4+. The number of halogens is 3. The van der Waals surface area contributed by atoms with Crippen LogP contribution in [0.15, 0.2) is 24.8 Å². The molecule has 3 N–H and O–H groups in total. The molecule has 152 valence electrons. The minimum Gasteiger partial charge on any atom is -0.481 e. The van der Waals surface area contributed by atoms with E-state index in [2.05, 4.69) is 16.9 Å². The number of hydrogen-bond donors (Lipinski definition) is 2. The molecule has 0 aromatic carbocycles. The molecule has 1 fully saturated rings. The van der Waals surface area contributed by atoms with Crippen LogP contribution in [-0.2, 0) is 4.79 Å². The number of primary amides is 1. The van der Waals surface area contributed by atoms with Crippen LogP contribution >= 0.6 is 0 Å². The van der Waals surface area contributed by atoms with Crippen molar-refractivity contribution in [2.45, 2.75) is 31.9 Å². The molecule has 0 atom stereocenters. The van der Waals surface area contributed by atoms with Gasteiger partial charge in [-0.1, -0.05) is 18.7 Å². The Morgan fingerprint density at radius 3 is 2.46 bits per heavy atom. The van der Waals surface area contributed by atoms with E-state index in [0.29, 0.717) is 18.4 Å². The minimum absolute atomic E-state index is 0.00895. The van der Waals surface area contributed by atoms with Gasteiger partial charge < -0.3 is 15.8 Å². The zero-order valence-corrected chi connectivity index (χ0v) is 15.4. The summed E-state index contributed by atoms with van der Waals surface area (Å²) in [6, 6.07) is 1.48. The Kier molecular flexibility index (Phi) is 6.82. The number of allylic oxidation sites excluding steroid dienone is 1. The van der Waals surface area contributed by atoms with E-state index in [1.807, 2.05) is 0 Å². The quantitative estimate of drug-likeness (QED) is 0.716. The van der Waals surface area contributed by atoms with E-state index in [1.165, 1.54) is 13.2 Å². The van der Waals surface area contributed by atoms with Gasteiger partial charge in [-0.3, -0.25) is 9.59 Å². The Hall–Kier alpha value is -2.84. The minimum atomic E-state index is -4.15. The van der Waals surface area contributed by atoms with Crippen LogP contribution in [0.2, 0.25) is 0 Å². The molecule has 0 unspecified atom stereocenters. The van der Waals surface area contributed by atoms with E-state index in [4.69, 9.17) is 10.5 Å². The highest BCUT2D eigenvalue weighted by atomic mass is 19.4. The van der Waals surface area contributed by atoms with E-state index in [9.17, 15) is 22.8 Å². The normalized spacial score (nSPS) is 20.0. The summed E-state index contributed by atoms with van der Waals surface area (Å²) in [4.78, 5) is 27.2. The number of ether oxygens (including phenoxy) is 1. The number of pyridine rings is 1. The lowest BCUT2D eigenvalue weighted by molar-refractivity contribution is -0.183. The number of anilines is 1. The van der Waals surface area contributed by atoms with Crippen LogP contribution in [0.5, 0.6) is 5.88 Å². The number of nitrogens with zero attached hydrogens (tertiary/aromatic N) is 1. The van der Waals surface area contributed by atoms with Gasteiger partial charge in [0.05, 0.1) is 18.7 Å². The molecule has 1 aliphatic rings. The highest BCUT2D eigenvalue weighted by Crippen LogP contribution is 2.40. The fourth-order valence-electron chi connectivity index (χ4n) is 3.14. The maximum Gasteiger partial charge on any atom is 0.391 e. The van der Waals surface area contributed by atoms with Gasteiger partial charge in [0.1, 0.15) is 0 Å². The van der Waals surface area contributed by atoms with Crippen LogP contribution in [0, 0.1) is 11.8 Å². The second-order valence-electron chi connectivity index (χ2n) is 6.55. The number of amides is 2. The molecule has 1 aromatic rings. The van der Waals surface area contributed by atoms with Gasteiger partial charge in [-0.15, -0.1) is 0 Å². The van der Waals surface area contributed by atoms with Gasteiger partial charge in [-0.2, -0.15) is 13.2 Å². The molecule has 1 heterocycles. The summed E-state index contributed by atoms with van der Waals surface area (Å²) in [5.74, 6) is -2.53. The van der Waals surface area contributed by atoms with Crippen LogP contribution in [0.25, 0.3) is 6.08 Å². The van der Waals surface area contributed by atoms with Gasteiger partial charge in [0.25, 0.3) is 5.91 Å². The van der Waals surface area contributed by atoms with E-state index in [1.54, 1.807) is 12.2 Å². The van der Waals surface area contributed by atoms with Gasteiger partial charge in [-0.05, 0) is 43.7 Å². The first-order valence-electron chi connectivity index (χ1n) is 8.72. The third-order valence-electron chi connectivity index (χ3n) is 4.67. The number of alkyl halides is 3. The SMILES string of the molecule is C=CC(=O)Nc1cc(/C=C/C2CCC(C(F)(F)F)CC2)c(OC)nc1C(N)=O. The molecule has 2 amide bonds. The lowest BCUT2D eigenvalue weighted by Gasteiger charge is -2.28. The first-order valence-corrected chi connectivity index (χ1v) is 8.72. The Bertz CT molecular complexity index is 783. The van der Waals surface area contributed by atoms with Crippen LogP contribution < -0.4 is 15.8 Å². The molecule has 9 heteroatoms. The van der Waals surface area contributed by atoms with E-state index in [0.717, 1.165) is 6.08 Å². The second kappa shape index (κ2) is 8.90. The lowest BCUT2D eigenvalue weighted by Crippen LogP contribution is -2.27. The molecule has 0 spiro atoms. The van der Waals surface area contributed by atoms with Crippen molar-refractivity contribution < 1.29 is 27.5 Å². The van der Waals surface area contributed by atoms with E-state index in [-0.39, 0.29) is 36.0 Å². The molecule has 0 radical (unpaired) electrons. The first kappa shape index (κ1) is 21.5. The van der Waals surface area contributed by atoms with Crippen molar-refractivity contribution in [2.24, 2.45) is 17.6 Å². The number of aromatic nitrogens is 1. The molecule has 1 aromatic heterocycles. The smallest absolute Gasteiger partial charge is 0.391 e. The molecule has 1 saturated carbocycles. The number of nitrogens with two attached hydrogens (primary N) is 1.